The first-order valence-corrected chi connectivity index (χ1v) is 13.8. The van der Waals surface area contributed by atoms with E-state index in [4.69, 9.17) is 5.26 Å². The Morgan fingerprint density at radius 3 is 2.18 bits per heavy atom. The van der Waals surface area contributed by atoms with Crippen LogP contribution in [0.1, 0.15) is 107 Å². The molecule has 184 valence electrons. The number of hydrogen-bond acceptors (Lipinski definition) is 1. The molecule has 0 spiro atoms. The van der Waals surface area contributed by atoms with Crippen LogP contribution in [-0.2, 0) is 6.42 Å². The molecule has 0 aliphatic heterocycles. The number of hydrogen-bond donors (Lipinski definition) is 0. The van der Waals surface area contributed by atoms with Gasteiger partial charge in [0.1, 0.15) is 6.07 Å². The van der Waals surface area contributed by atoms with E-state index in [-0.39, 0.29) is 0 Å². The lowest BCUT2D eigenvalue weighted by atomic mass is 9.70. The van der Waals surface area contributed by atoms with Gasteiger partial charge >= 0.3 is 0 Å². The maximum absolute atomic E-state index is 12.9. The zero-order valence-corrected chi connectivity index (χ0v) is 21.3. The maximum atomic E-state index is 12.9. The summed E-state index contributed by atoms with van der Waals surface area (Å²) in [6.07, 6.45) is 22.8. The Balaban J connectivity index is 1.38. The lowest BCUT2D eigenvalue weighted by Crippen LogP contribution is -2.22. The second-order valence-corrected chi connectivity index (χ2v) is 10.7. The van der Waals surface area contributed by atoms with Crippen LogP contribution in [-0.4, -0.2) is 0 Å². The van der Waals surface area contributed by atoms with Crippen molar-refractivity contribution in [1.82, 2.24) is 0 Å². The highest BCUT2D eigenvalue weighted by molar-refractivity contribution is 5.26. The Kier molecular flexibility index (Phi) is 11.1. The average Bonchev–Trinajstić information content (AvgIpc) is 2.89. The van der Waals surface area contributed by atoms with E-state index in [0.717, 1.165) is 12.8 Å². The fourth-order valence-electron chi connectivity index (χ4n) is 6.04. The summed E-state index contributed by atoms with van der Waals surface area (Å²) in [4.78, 5) is 0. The molecule has 1 nitrogen and oxygen atoms in total. The Bertz CT molecular complexity index is 840. The molecule has 2 heteroatoms. The van der Waals surface area contributed by atoms with Crippen LogP contribution >= 0.6 is 0 Å². The van der Waals surface area contributed by atoms with E-state index in [1.165, 1.54) is 106 Å². The molecule has 0 heterocycles. The van der Waals surface area contributed by atoms with E-state index < -0.39 is 5.83 Å². The first kappa shape index (κ1) is 26.5. The number of aryl methyl sites for hydroxylation is 1. The smallest absolute Gasteiger partial charge is 0.195 e. The van der Waals surface area contributed by atoms with Gasteiger partial charge in [0.25, 0.3) is 0 Å². The molecule has 1 aromatic carbocycles. The quantitative estimate of drug-likeness (QED) is 0.139. The number of nitriles is 1. The number of allylic oxidation sites excluding steroid dienone is 5. The van der Waals surface area contributed by atoms with E-state index in [2.05, 4.69) is 43.8 Å². The molecule has 0 atom stereocenters. The van der Waals surface area contributed by atoms with Crippen molar-refractivity contribution in [1.29, 1.82) is 5.26 Å². The third-order valence-corrected chi connectivity index (χ3v) is 8.30. The normalized spacial score (nSPS) is 25.9. The van der Waals surface area contributed by atoms with Crippen molar-refractivity contribution in [2.75, 3.05) is 0 Å². The standard InChI is InChI=1S/C32H44FN/c1-3-4-5-6-7-9-26-14-18-30(19-15-26)31-22-20-29(21-23-31)25(2)28-16-12-27(13-17-28)10-8-11-32(33)24-34/h8,10-11,14-15,18-19,27-29,31H,2-7,9,12-13,16-17,20-23H2,1H3/b10-8+,32-11-/t27-,28-,29-,31-. The van der Waals surface area contributed by atoms with Crippen LogP contribution in [0.5, 0.6) is 0 Å². The van der Waals surface area contributed by atoms with Crippen molar-refractivity contribution >= 4 is 0 Å². The van der Waals surface area contributed by atoms with Crippen molar-refractivity contribution in [3.05, 3.63) is 71.6 Å². The van der Waals surface area contributed by atoms with Gasteiger partial charge in [-0.15, -0.1) is 0 Å². The topological polar surface area (TPSA) is 23.8 Å². The molecule has 34 heavy (non-hydrogen) atoms. The Hall–Kier alpha value is -2.14. The van der Waals surface area contributed by atoms with Crippen LogP contribution in [0.3, 0.4) is 0 Å². The first-order chi connectivity index (χ1) is 16.6. The molecule has 0 unspecified atom stereocenters. The highest BCUT2D eigenvalue weighted by atomic mass is 19.1. The summed E-state index contributed by atoms with van der Waals surface area (Å²) < 4.78 is 12.9. The number of benzene rings is 1. The van der Waals surface area contributed by atoms with Gasteiger partial charge in [-0.3, -0.25) is 0 Å². The summed E-state index contributed by atoms with van der Waals surface area (Å²) in [7, 11) is 0. The fourth-order valence-corrected chi connectivity index (χ4v) is 6.04. The predicted molar refractivity (Wildman–Crippen MR) is 142 cm³/mol. The van der Waals surface area contributed by atoms with Gasteiger partial charge in [-0.25, -0.2) is 0 Å². The molecule has 2 fully saturated rings. The summed E-state index contributed by atoms with van der Waals surface area (Å²) in [6.45, 7) is 6.84. The van der Waals surface area contributed by atoms with E-state index in [1.807, 2.05) is 0 Å². The van der Waals surface area contributed by atoms with Crippen LogP contribution in [0.4, 0.5) is 4.39 Å². The third-order valence-electron chi connectivity index (χ3n) is 8.30. The fraction of sp³-hybridized carbons (Fsp3) is 0.594. The van der Waals surface area contributed by atoms with E-state index >= 15 is 0 Å². The zero-order valence-electron chi connectivity index (χ0n) is 21.3. The van der Waals surface area contributed by atoms with Gasteiger partial charge in [0.05, 0.1) is 0 Å². The van der Waals surface area contributed by atoms with Gasteiger partial charge in [0.2, 0.25) is 0 Å². The summed E-state index contributed by atoms with van der Waals surface area (Å²) in [5.41, 5.74) is 4.53. The number of unbranched alkanes of at least 4 members (excludes halogenated alkanes) is 4. The van der Waals surface area contributed by atoms with Crippen molar-refractivity contribution in [2.24, 2.45) is 17.8 Å². The third kappa shape index (κ3) is 8.26. The number of halogens is 1. The van der Waals surface area contributed by atoms with Gasteiger partial charge in [-0.2, -0.15) is 9.65 Å². The van der Waals surface area contributed by atoms with Gasteiger partial charge in [-0.05, 0) is 105 Å². The molecule has 2 aliphatic carbocycles. The first-order valence-electron chi connectivity index (χ1n) is 13.8. The molecule has 2 saturated carbocycles. The lowest BCUT2D eigenvalue weighted by molar-refractivity contribution is 0.290. The second kappa shape index (κ2) is 14.3. The molecule has 0 radical (unpaired) electrons. The summed E-state index contributed by atoms with van der Waals surface area (Å²) >= 11 is 0. The molecule has 0 bridgehead atoms. The highest BCUT2D eigenvalue weighted by Crippen LogP contribution is 2.43. The lowest BCUT2D eigenvalue weighted by Gasteiger charge is -2.36. The minimum absolute atomic E-state index is 0.502. The molecular formula is C32H44FN. The van der Waals surface area contributed by atoms with Gasteiger partial charge in [0, 0.05) is 0 Å². The van der Waals surface area contributed by atoms with Crippen LogP contribution in [0.15, 0.2) is 60.5 Å². The van der Waals surface area contributed by atoms with E-state index in [9.17, 15) is 4.39 Å². The van der Waals surface area contributed by atoms with Crippen LogP contribution in [0, 0.1) is 29.1 Å². The minimum atomic E-state index is -0.720. The molecule has 0 N–H and O–H groups in total. The predicted octanol–water partition coefficient (Wildman–Crippen LogP) is 9.77. The zero-order chi connectivity index (χ0) is 24.2. The average molecular weight is 462 g/mol. The minimum Gasteiger partial charge on any atom is -0.195 e. The van der Waals surface area contributed by atoms with Gasteiger partial charge in [-0.1, -0.05) is 81.2 Å². The van der Waals surface area contributed by atoms with E-state index in [0.29, 0.717) is 23.7 Å². The van der Waals surface area contributed by atoms with E-state index in [1.54, 1.807) is 6.08 Å². The van der Waals surface area contributed by atoms with Crippen LogP contribution in [0.25, 0.3) is 0 Å². The van der Waals surface area contributed by atoms with Crippen molar-refractivity contribution in [3.8, 4) is 6.07 Å². The van der Waals surface area contributed by atoms with Gasteiger partial charge < -0.3 is 0 Å². The molecule has 3 rings (SSSR count). The molecule has 0 aromatic heterocycles. The van der Waals surface area contributed by atoms with Crippen LogP contribution < -0.4 is 0 Å². The molecule has 2 aliphatic rings. The number of rotatable bonds is 11. The monoisotopic (exact) mass is 461 g/mol. The summed E-state index contributed by atoms with van der Waals surface area (Å²) in [5, 5.41) is 8.50. The molecule has 1 aromatic rings. The molecule has 0 saturated heterocycles. The molecule has 0 amide bonds. The summed E-state index contributed by atoms with van der Waals surface area (Å²) in [5.74, 6) is 1.83. The summed E-state index contributed by atoms with van der Waals surface area (Å²) in [6, 6.07) is 11.1. The van der Waals surface area contributed by atoms with Crippen molar-refractivity contribution in [2.45, 2.75) is 103 Å². The Labute approximate surface area is 207 Å². The van der Waals surface area contributed by atoms with Gasteiger partial charge in [0.15, 0.2) is 5.83 Å². The van der Waals surface area contributed by atoms with Crippen molar-refractivity contribution in [3.63, 3.8) is 0 Å². The SMILES string of the molecule is C=C([C@H]1CC[C@H](/C=C/C=C(\F)C#N)CC1)[C@H]1CC[C@H](c2ccc(CCCCCCC)cc2)CC1. The van der Waals surface area contributed by atoms with Crippen LogP contribution in [0.2, 0.25) is 0 Å². The Morgan fingerprint density at radius 1 is 0.941 bits per heavy atom. The Morgan fingerprint density at radius 2 is 1.56 bits per heavy atom. The molecular weight excluding hydrogens is 417 g/mol. The largest absolute Gasteiger partial charge is 0.199 e. The van der Waals surface area contributed by atoms with Crippen molar-refractivity contribution < 1.29 is 4.39 Å². The second-order valence-electron chi connectivity index (χ2n) is 10.7. The number of nitrogens with zero attached hydrogens (tertiary/aromatic N) is 1. The highest BCUT2D eigenvalue weighted by Gasteiger charge is 2.29. The maximum Gasteiger partial charge on any atom is 0.199 e.